The predicted molar refractivity (Wildman–Crippen MR) is 110 cm³/mol. The van der Waals surface area contributed by atoms with Crippen molar-refractivity contribution in [1.82, 2.24) is 0 Å². The van der Waals surface area contributed by atoms with Crippen LogP contribution >= 0.6 is 23.4 Å². The van der Waals surface area contributed by atoms with Crippen LogP contribution in [-0.4, -0.2) is 39.2 Å². The first kappa shape index (κ1) is 21.5. The van der Waals surface area contributed by atoms with Crippen LogP contribution in [-0.2, 0) is 9.59 Å². The summed E-state index contributed by atoms with van der Waals surface area (Å²) in [5, 5.41) is 11.3. The number of allylic oxidation sites excluding steroid dienone is 4. The highest BCUT2D eigenvalue weighted by molar-refractivity contribution is 8.14. The molecule has 3 nitrogen and oxygen atoms in total. The Kier molecular flexibility index (Phi) is 5.11. The van der Waals surface area contributed by atoms with E-state index in [0.29, 0.717) is 6.42 Å². The number of carbonyl (C=O) groups is 2. The number of aliphatic hydroxyl groups is 1. The molecule has 0 aromatic rings. The minimum atomic E-state index is -2.08. The fourth-order valence-corrected chi connectivity index (χ4v) is 8.33. The van der Waals surface area contributed by atoms with Crippen molar-refractivity contribution in [3.05, 3.63) is 23.8 Å². The van der Waals surface area contributed by atoms with Crippen LogP contribution in [0, 0.1) is 34.5 Å². The molecule has 0 heterocycles. The van der Waals surface area contributed by atoms with Gasteiger partial charge in [-0.3, -0.25) is 9.59 Å². The number of rotatable bonds is 2. The van der Waals surface area contributed by atoms with Crippen LogP contribution in [0.2, 0.25) is 0 Å². The summed E-state index contributed by atoms with van der Waals surface area (Å²) in [5.41, 5.74) is -3.94. The van der Waals surface area contributed by atoms with E-state index in [1.54, 1.807) is 6.92 Å². The Labute approximate surface area is 179 Å². The Balaban J connectivity index is 1.80. The van der Waals surface area contributed by atoms with E-state index in [4.69, 9.17) is 11.6 Å². The second-order valence-electron chi connectivity index (χ2n) is 9.71. The van der Waals surface area contributed by atoms with E-state index >= 15 is 8.78 Å². The molecule has 0 amide bonds. The van der Waals surface area contributed by atoms with Crippen molar-refractivity contribution < 1.29 is 23.5 Å². The van der Waals surface area contributed by atoms with Crippen molar-refractivity contribution in [3.63, 3.8) is 0 Å². The SMILES string of the molecule is C[C@@H]1CC2C3C[C@H](F)C4=CC(=O)C=CC4(C)[C@@]3(F)C(O)CC2(C)C1C(=O)SCCl. The number of fused-ring (bicyclic) bond motifs is 5. The lowest BCUT2D eigenvalue weighted by Crippen LogP contribution is -2.68. The van der Waals surface area contributed by atoms with Crippen molar-refractivity contribution in [2.24, 2.45) is 34.5 Å². The van der Waals surface area contributed by atoms with Gasteiger partial charge in [-0.25, -0.2) is 8.78 Å². The molecule has 1 N–H and O–H groups in total. The third kappa shape index (κ3) is 2.71. The van der Waals surface area contributed by atoms with E-state index < -0.39 is 34.7 Å². The Morgan fingerprint density at radius 3 is 2.69 bits per heavy atom. The smallest absolute Gasteiger partial charge is 0.194 e. The van der Waals surface area contributed by atoms with Gasteiger partial charge in [0.1, 0.15) is 6.17 Å². The summed E-state index contributed by atoms with van der Waals surface area (Å²) >= 11 is 6.83. The van der Waals surface area contributed by atoms with Gasteiger partial charge in [0.15, 0.2) is 16.6 Å². The molecule has 9 atom stereocenters. The van der Waals surface area contributed by atoms with Crippen LogP contribution in [0.25, 0.3) is 0 Å². The first-order chi connectivity index (χ1) is 13.5. The number of thioether (sulfide) groups is 1. The molecule has 0 spiro atoms. The molecule has 3 saturated carbocycles. The highest BCUT2D eigenvalue weighted by atomic mass is 35.5. The van der Waals surface area contributed by atoms with Crippen molar-refractivity contribution in [2.45, 2.75) is 58.0 Å². The molecule has 4 rings (SSSR count). The van der Waals surface area contributed by atoms with Gasteiger partial charge in [-0.15, -0.1) is 11.6 Å². The third-order valence-electron chi connectivity index (χ3n) is 8.42. The van der Waals surface area contributed by atoms with Crippen LogP contribution in [0.5, 0.6) is 0 Å². The Morgan fingerprint density at radius 1 is 1.34 bits per heavy atom. The van der Waals surface area contributed by atoms with Gasteiger partial charge in [-0.05, 0) is 61.2 Å². The summed E-state index contributed by atoms with van der Waals surface area (Å²) in [5.74, 6) is -1.64. The second kappa shape index (κ2) is 6.89. The summed E-state index contributed by atoms with van der Waals surface area (Å²) in [6.07, 6.45) is 1.80. The minimum Gasteiger partial charge on any atom is -0.390 e. The lowest BCUT2D eigenvalue weighted by molar-refractivity contribution is -0.201. The lowest BCUT2D eigenvalue weighted by Gasteiger charge is -2.62. The van der Waals surface area contributed by atoms with Gasteiger partial charge < -0.3 is 5.11 Å². The molecule has 160 valence electrons. The zero-order valence-corrected chi connectivity index (χ0v) is 18.4. The molecule has 4 aliphatic rings. The van der Waals surface area contributed by atoms with E-state index in [1.807, 2.05) is 13.8 Å². The zero-order chi connectivity index (χ0) is 21.4. The number of halogens is 3. The maximum absolute atomic E-state index is 16.9. The molecule has 29 heavy (non-hydrogen) atoms. The largest absolute Gasteiger partial charge is 0.390 e. The minimum absolute atomic E-state index is 0.00838. The van der Waals surface area contributed by atoms with Crippen LogP contribution in [0.1, 0.15) is 40.0 Å². The molecule has 0 aromatic heterocycles. The second-order valence-corrected chi connectivity index (χ2v) is 11.3. The van der Waals surface area contributed by atoms with E-state index in [0.717, 1.165) is 11.8 Å². The van der Waals surface area contributed by atoms with Gasteiger partial charge in [0.05, 0.1) is 11.3 Å². The highest BCUT2D eigenvalue weighted by Crippen LogP contribution is 2.70. The lowest BCUT2D eigenvalue weighted by atomic mass is 9.45. The fourth-order valence-electron chi connectivity index (χ4n) is 7.22. The molecule has 7 heteroatoms. The topological polar surface area (TPSA) is 54.4 Å². The molecule has 3 fully saturated rings. The summed E-state index contributed by atoms with van der Waals surface area (Å²) in [4.78, 5) is 24.7. The molecule has 6 unspecified atom stereocenters. The zero-order valence-electron chi connectivity index (χ0n) is 16.8. The van der Waals surface area contributed by atoms with Crippen molar-refractivity contribution >= 4 is 34.3 Å². The van der Waals surface area contributed by atoms with Gasteiger partial charge in [0, 0.05) is 17.3 Å². The van der Waals surface area contributed by atoms with Crippen molar-refractivity contribution in [1.29, 1.82) is 0 Å². The number of carbonyl (C=O) groups excluding carboxylic acids is 2. The Morgan fingerprint density at radius 2 is 2.03 bits per heavy atom. The number of hydrogen-bond donors (Lipinski definition) is 1. The van der Waals surface area contributed by atoms with Gasteiger partial charge in [-0.1, -0.05) is 31.7 Å². The van der Waals surface area contributed by atoms with E-state index in [-0.39, 0.29) is 52.3 Å². The first-order valence-electron chi connectivity index (χ1n) is 10.2. The predicted octanol–water partition coefficient (Wildman–Crippen LogP) is 4.62. The molecular weight excluding hydrogens is 418 g/mol. The van der Waals surface area contributed by atoms with Crippen LogP contribution in [0.4, 0.5) is 8.78 Å². The van der Waals surface area contributed by atoms with Crippen molar-refractivity contribution in [3.8, 4) is 0 Å². The molecule has 4 aliphatic carbocycles. The molecule has 0 radical (unpaired) electrons. The standard InChI is InChI=1S/C22H27ClF2O3S/c1-11-6-13-14-8-16(24)15-7-12(26)4-5-21(15,3)22(14,25)17(27)9-20(13,2)18(11)19(28)29-10-23/h4-5,7,11,13-14,16-18,27H,6,8-10H2,1-3H3/t11-,13?,14?,16+,17?,18?,20?,21?,22+/m1/s1. The summed E-state index contributed by atoms with van der Waals surface area (Å²) in [6, 6.07) is 0. The molecule has 0 aliphatic heterocycles. The Hall–Kier alpha value is -0.720. The molecule has 0 bridgehead atoms. The van der Waals surface area contributed by atoms with Gasteiger partial charge in [0.25, 0.3) is 0 Å². The number of ketones is 1. The van der Waals surface area contributed by atoms with Crippen LogP contribution in [0.15, 0.2) is 23.8 Å². The normalized spacial score (nSPS) is 51.1. The van der Waals surface area contributed by atoms with E-state index in [1.165, 1.54) is 18.2 Å². The van der Waals surface area contributed by atoms with Gasteiger partial charge in [0.2, 0.25) is 0 Å². The quantitative estimate of drug-likeness (QED) is 0.631. The van der Waals surface area contributed by atoms with Crippen LogP contribution < -0.4 is 0 Å². The molecular formula is C22H27ClF2O3S. The van der Waals surface area contributed by atoms with Crippen molar-refractivity contribution in [2.75, 3.05) is 5.21 Å². The summed E-state index contributed by atoms with van der Waals surface area (Å²) in [7, 11) is 0. The number of hydrogen-bond acceptors (Lipinski definition) is 4. The number of aliphatic hydroxyl groups excluding tert-OH is 1. The summed E-state index contributed by atoms with van der Waals surface area (Å²) < 4.78 is 32.2. The maximum atomic E-state index is 16.9. The molecule has 0 saturated heterocycles. The van der Waals surface area contributed by atoms with Crippen LogP contribution in [0.3, 0.4) is 0 Å². The van der Waals surface area contributed by atoms with E-state index in [9.17, 15) is 14.7 Å². The van der Waals surface area contributed by atoms with E-state index in [2.05, 4.69) is 0 Å². The monoisotopic (exact) mass is 444 g/mol. The molecule has 0 aromatic carbocycles. The van der Waals surface area contributed by atoms with Gasteiger partial charge in [-0.2, -0.15) is 0 Å². The maximum Gasteiger partial charge on any atom is 0.194 e. The average Bonchev–Trinajstić information content (AvgIpc) is 2.90. The Bertz CT molecular complexity index is 816. The fraction of sp³-hybridized carbons (Fsp3) is 0.727. The summed E-state index contributed by atoms with van der Waals surface area (Å²) in [6.45, 7) is 5.52. The first-order valence-corrected chi connectivity index (χ1v) is 11.7. The third-order valence-corrected chi connectivity index (χ3v) is 9.39. The van der Waals surface area contributed by atoms with Gasteiger partial charge >= 0.3 is 0 Å². The average molecular weight is 445 g/mol. The highest BCUT2D eigenvalue weighted by Gasteiger charge is 2.73. The number of alkyl halides is 3.